The third-order valence-electron chi connectivity index (χ3n) is 5.97. The Kier molecular flexibility index (Phi) is 12.8. The van der Waals surface area contributed by atoms with Crippen molar-refractivity contribution in [1.82, 2.24) is 9.80 Å². The zero-order valence-corrected chi connectivity index (χ0v) is 17.6. The lowest BCUT2D eigenvalue weighted by atomic mass is 9.90. The van der Waals surface area contributed by atoms with Crippen LogP contribution in [0.2, 0.25) is 0 Å². The van der Waals surface area contributed by atoms with Gasteiger partial charge in [0.05, 0.1) is 0 Å². The van der Waals surface area contributed by atoms with Crippen molar-refractivity contribution in [2.75, 3.05) is 26.2 Å². The van der Waals surface area contributed by atoms with Gasteiger partial charge in [0.15, 0.2) is 0 Å². The highest BCUT2D eigenvalue weighted by Gasteiger charge is 2.29. The summed E-state index contributed by atoms with van der Waals surface area (Å²) >= 11 is 0. The summed E-state index contributed by atoms with van der Waals surface area (Å²) < 4.78 is 12.9. The second kappa shape index (κ2) is 14.0. The van der Waals surface area contributed by atoms with E-state index in [2.05, 4.69) is 9.80 Å². The highest BCUT2D eigenvalue weighted by Crippen LogP contribution is 2.28. The van der Waals surface area contributed by atoms with Crippen LogP contribution in [-0.4, -0.2) is 54.2 Å². The molecule has 2 saturated heterocycles. The van der Waals surface area contributed by atoms with Crippen LogP contribution in [0.25, 0.3) is 0 Å². The van der Waals surface area contributed by atoms with Crippen LogP contribution in [0.3, 0.4) is 0 Å². The summed E-state index contributed by atoms with van der Waals surface area (Å²) in [5.74, 6) is 0. The number of alkyl halides is 1. The smallest absolute Gasteiger partial charge is 0.113 e. The summed E-state index contributed by atoms with van der Waals surface area (Å²) in [6, 6.07) is 1.74. The molecule has 4 fully saturated rings. The fraction of sp³-hybridized carbons (Fsp3) is 1.00. The van der Waals surface area contributed by atoms with E-state index in [1.165, 1.54) is 70.9 Å². The van der Waals surface area contributed by atoms with Crippen LogP contribution in [0.5, 0.6) is 0 Å². The number of halogens is 1. The molecule has 4 aliphatic rings. The molecule has 0 amide bonds. The highest BCUT2D eigenvalue weighted by atomic mass is 19.1. The molecule has 0 aromatic carbocycles. The number of hydrogen-bond donors (Lipinski definition) is 0. The summed E-state index contributed by atoms with van der Waals surface area (Å²) in [7, 11) is 0. The van der Waals surface area contributed by atoms with E-state index in [-0.39, 0.29) is 0 Å². The van der Waals surface area contributed by atoms with Crippen LogP contribution in [0.4, 0.5) is 4.39 Å². The normalized spacial score (nSPS) is 28.0. The summed E-state index contributed by atoms with van der Waals surface area (Å²) in [5.41, 5.74) is 0. The second-order valence-corrected chi connectivity index (χ2v) is 7.50. The molecule has 0 N–H and O–H groups in total. The molecule has 2 nitrogen and oxygen atoms in total. The van der Waals surface area contributed by atoms with Gasteiger partial charge in [0.25, 0.3) is 0 Å². The minimum Gasteiger partial charge on any atom is -0.300 e. The Morgan fingerprint density at radius 1 is 0.560 bits per heavy atom. The van der Waals surface area contributed by atoms with Gasteiger partial charge in [0.1, 0.15) is 6.17 Å². The van der Waals surface area contributed by atoms with Crippen LogP contribution < -0.4 is 0 Å². The van der Waals surface area contributed by atoms with Crippen LogP contribution in [0.1, 0.15) is 98.3 Å². The van der Waals surface area contributed by atoms with E-state index in [1.54, 1.807) is 0 Å². The molecule has 25 heavy (non-hydrogen) atoms. The maximum absolute atomic E-state index is 12.9. The van der Waals surface area contributed by atoms with E-state index in [0.29, 0.717) is 6.54 Å². The second-order valence-electron chi connectivity index (χ2n) is 7.50. The minimum atomic E-state index is -0.538. The summed E-state index contributed by atoms with van der Waals surface area (Å²) in [6.07, 6.45) is 14.2. The van der Waals surface area contributed by atoms with Gasteiger partial charge in [-0.1, -0.05) is 47.0 Å². The molecule has 0 aromatic rings. The molecule has 4 rings (SSSR count). The number of likely N-dealkylation sites (tertiary alicyclic amines) is 2. The lowest BCUT2D eigenvalue weighted by Crippen LogP contribution is -2.46. The topological polar surface area (TPSA) is 6.48 Å². The van der Waals surface area contributed by atoms with Gasteiger partial charge in [-0.15, -0.1) is 0 Å². The molecule has 0 aromatic heterocycles. The summed E-state index contributed by atoms with van der Waals surface area (Å²) in [5, 5.41) is 0. The average molecular weight is 357 g/mol. The lowest BCUT2D eigenvalue weighted by molar-refractivity contribution is 0.0620. The van der Waals surface area contributed by atoms with Gasteiger partial charge in [0.2, 0.25) is 0 Å². The number of hydrogen-bond acceptors (Lipinski definition) is 2. The van der Waals surface area contributed by atoms with Crippen molar-refractivity contribution in [1.29, 1.82) is 0 Å². The summed E-state index contributed by atoms with van der Waals surface area (Å²) in [4.78, 5) is 5.05. The maximum Gasteiger partial charge on any atom is 0.113 e. The molecular weight excluding hydrogens is 311 g/mol. The molecule has 3 heteroatoms. The van der Waals surface area contributed by atoms with E-state index in [0.717, 1.165) is 31.5 Å². The average Bonchev–Trinajstić information content (AvgIpc) is 2.57. The van der Waals surface area contributed by atoms with Crippen LogP contribution >= 0.6 is 0 Å². The molecule has 0 bridgehead atoms. The molecular formula is C22H45FN2. The maximum atomic E-state index is 12.9. The molecule has 1 atom stereocenters. The fourth-order valence-corrected chi connectivity index (χ4v) is 4.07. The van der Waals surface area contributed by atoms with Gasteiger partial charge in [0, 0.05) is 18.6 Å². The monoisotopic (exact) mass is 356 g/mol. The van der Waals surface area contributed by atoms with E-state index >= 15 is 0 Å². The minimum absolute atomic E-state index is 0.538. The van der Waals surface area contributed by atoms with Crippen molar-refractivity contribution >= 4 is 0 Å². The van der Waals surface area contributed by atoms with Gasteiger partial charge in [-0.2, -0.15) is 0 Å². The van der Waals surface area contributed by atoms with Crippen molar-refractivity contribution in [3.8, 4) is 0 Å². The van der Waals surface area contributed by atoms with Gasteiger partial charge in [-0.3, -0.25) is 4.90 Å². The van der Waals surface area contributed by atoms with E-state index < -0.39 is 6.17 Å². The number of nitrogens with zero attached hydrogens (tertiary/aromatic N) is 2. The molecule has 2 aliphatic heterocycles. The van der Waals surface area contributed by atoms with Gasteiger partial charge >= 0.3 is 0 Å². The van der Waals surface area contributed by atoms with Crippen molar-refractivity contribution < 1.29 is 4.39 Å². The quantitative estimate of drug-likeness (QED) is 0.594. The first-order chi connectivity index (χ1) is 12.3. The number of piperidine rings is 2. The van der Waals surface area contributed by atoms with Crippen LogP contribution in [0.15, 0.2) is 0 Å². The van der Waals surface area contributed by atoms with Crippen molar-refractivity contribution in [2.45, 2.75) is 117 Å². The predicted octanol–water partition coefficient (Wildman–Crippen LogP) is 6.05. The lowest BCUT2D eigenvalue weighted by Gasteiger charge is -2.40. The zero-order chi connectivity index (χ0) is 18.5. The van der Waals surface area contributed by atoms with E-state index in [1.807, 2.05) is 27.7 Å². The largest absolute Gasteiger partial charge is 0.300 e. The molecule has 2 heterocycles. The molecule has 2 saturated carbocycles. The summed E-state index contributed by atoms with van der Waals surface area (Å²) in [6.45, 7) is 12.6. The Morgan fingerprint density at radius 2 is 1.04 bits per heavy atom. The Bertz CT molecular complexity index is 296. The first-order valence-corrected chi connectivity index (χ1v) is 11.4. The number of rotatable bonds is 2. The predicted molar refractivity (Wildman–Crippen MR) is 109 cm³/mol. The third kappa shape index (κ3) is 7.95. The molecule has 2 aliphatic carbocycles. The highest BCUT2D eigenvalue weighted by molar-refractivity contribution is 4.84. The van der Waals surface area contributed by atoms with Crippen molar-refractivity contribution in [2.24, 2.45) is 0 Å². The Labute approximate surface area is 157 Å². The van der Waals surface area contributed by atoms with Gasteiger partial charge < -0.3 is 4.90 Å². The SMILES string of the molecule is C1CCN(C2CCC2)CC1.CC.CC.FC1CCCN(C2CCC2)C1. The van der Waals surface area contributed by atoms with Crippen molar-refractivity contribution in [3.63, 3.8) is 0 Å². The third-order valence-corrected chi connectivity index (χ3v) is 5.97. The molecule has 150 valence electrons. The van der Waals surface area contributed by atoms with Crippen LogP contribution in [-0.2, 0) is 0 Å². The fourth-order valence-electron chi connectivity index (χ4n) is 4.07. The van der Waals surface area contributed by atoms with Gasteiger partial charge in [-0.05, 0) is 71.0 Å². The van der Waals surface area contributed by atoms with Crippen LogP contribution in [0, 0.1) is 0 Å². The van der Waals surface area contributed by atoms with E-state index in [4.69, 9.17) is 0 Å². The Hall–Kier alpha value is -0.150. The zero-order valence-electron chi connectivity index (χ0n) is 17.6. The van der Waals surface area contributed by atoms with Crippen molar-refractivity contribution in [3.05, 3.63) is 0 Å². The Morgan fingerprint density at radius 3 is 1.48 bits per heavy atom. The Balaban J connectivity index is 0.000000210. The van der Waals surface area contributed by atoms with Gasteiger partial charge in [-0.25, -0.2) is 4.39 Å². The molecule has 1 unspecified atom stereocenters. The van der Waals surface area contributed by atoms with E-state index in [9.17, 15) is 4.39 Å². The first-order valence-electron chi connectivity index (χ1n) is 11.4. The molecule has 0 spiro atoms. The standard InChI is InChI=1S/C9H16FN.C9H17N.2C2H6/c10-8-3-2-6-11(7-8)9-4-1-5-9;1-2-7-10(8-3-1)9-5-4-6-9;2*1-2/h8-9H,1-7H2;9H,1-8H2;2*1-2H3. The molecule has 0 radical (unpaired) electrons. The first kappa shape index (κ1) is 22.9.